The van der Waals surface area contributed by atoms with Crippen molar-refractivity contribution in [3.05, 3.63) is 65.2 Å². The highest BCUT2D eigenvalue weighted by molar-refractivity contribution is 6.20. The van der Waals surface area contributed by atoms with Crippen LogP contribution in [0.4, 0.5) is 0 Å². The number of phenols is 1. The van der Waals surface area contributed by atoms with Crippen molar-refractivity contribution in [3.63, 3.8) is 0 Å². The minimum atomic E-state index is -1.02. The monoisotopic (exact) mass is 254 g/mol. The molecule has 0 aliphatic carbocycles. The first-order chi connectivity index (χ1) is 9.08. The Morgan fingerprint density at radius 3 is 2.47 bits per heavy atom. The summed E-state index contributed by atoms with van der Waals surface area (Å²) in [6.07, 6.45) is 1.62. The van der Waals surface area contributed by atoms with Crippen LogP contribution in [0, 0.1) is 6.92 Å². The molecule has 0 unspecified atom stereocenters. The lowest BCUT2D eigenvalue weighted by atomic mass is 10.0. The number of aromatic hydroxyl groups is 1. The molecule has 0 aliphatic heterocycles. The normalized spacial score (nSPS) is 11.3. The van der Waals surface area contributed by atoms with Crippen molar-refractivity contribution in [1.82, 2.24) is 0 Å². The van der Waals surface area contributed by atoms with E-state index in [1.807, 2.05) is 31.2 Å². The zero-order valence-corrected chi connectivity index (χ0v) is 10.5. The first kappa shape index (κ1) is 12.9. The molecule has 2 rings (SSSR count). The van der Waals surface area contributed by atoms with Gasteiger partial charge in [0.25, 0.3) is 0 Å². The molecule has 2 N–H and O–H groups in total. The fourth-order valence-corrected chi connectivity index (χ4v) is 1.85. The van der Waals surface area contributed by atoms with Crippen molar-refractivity contribution >= 4 is 17.6 Å². The van der Waals surface area contributed by atoms with Gasteiger partial charge in [0, 0.05) is 0 Å². The second-order valence-corrected chi connectivity index (χ2v) is 4.27. The average Bonchev–Trinajstić information content (AvgIpc) is 2.37. The lowest BCUT2D eigenvalue weighted by Gasteiger charge is -2.05. The number of phenolic OH excluding ortho intramolecular Hbond substituents is 1. The largest absolute Gasteiger partial charge is 0.508 e. The molecule has 19 heavy (non-hydrogen) atoms. The Balaban J connectivity index is 2.53. The third kappa shape index (κ3) is 3.01. The van der Waals surface area contributed by atoms with Gasteiger partial charge < -0.3 is 10.2 Å². The maximum atomic E-state index is 11.4. The van der Waals surface area contributed by atoms with Gasteiger partial charge in [-0.2, -0.15) is 0 Å². The smallest absolute Gasteiger partial charge is 0.336 e. The summed E-state index contributed by atoms with van der Waals surface area (Å²) in [5, 5.41) is 18.8. The van der Waals surface area contributed by atoms with Crippen LogP contribution in [0.5, 0.6) is 5.75 Å². The van der Waals surface area contributed by atoms with Crippen LogP contribution in [-0.4, -0.2) is 16.2 Å². The first-order valence-electron chi connectivity index (χ1n) is 5.88. The number of carboxylic acid groups (broad SMARTS) is 1. The molecule has 0 fully saturated rings. The molecule has 0 heterocycles. The molecule has 0 aromatic heterocycles. The molecule has 96 valence electrons. The van der Waals surface area contributed by atoms with E-state index >= 15 is 0 Å². The Hall–Kier alpha value is -2.55. The van der Waals surface area contributed by atoms with Gasteiger partial charge in [0.05, 0.1) is 5.57 Å². The predicted molar refractivity (Wildman–Crippen MR) is 74.8 cm³/mol. The maximum Gasteiger partial charge on any atom is 0.336 e. The van der Waals surface area contributed by atoms with E-state index in [9.17, 15) is 15.0 Å². The minimum Gasteiger partial charge on any atom is -0.508 e. The van der Waals surface area contributed by atoms with Crippen molar-refractivity contribution in [3.8, 4) is 5.75 Å². The molecular formula is C16H14O3. The number of benzene rings is 2. The fourth-order valence-electron chi connectivity index (χ4n) is 1.85. The standard InChI is InChI=1S/C16H14O3/c1-11-5-2-3-6-12(11)10-15(16(18)19)13-7-4-8-14(17)9-13/h2-10,17H,1H3,(H,18,19)/b15-10-. The number of aryl methyl sites for hydroxylation is 1. The summed E-state index contributed by atoms with van der Waals surface area (Å²) in [5.74, 6) is -0.969. The molecule has 2 aromatic rings. The van der Waals surface area contributed by atoms with Crippen LogP contribution >= 0.6 is 0 Å². The third-order valence-electron chi connectivity index (χ3n) is 2.88. The van der Waals surface area contributed by atoms with Gasteiger partial charge in [-0.1, -0.05) is 36.4 Å². The van der Waals surface area contributed by atoms with E-state index in [1.54, 1.807) is 18.2 Å². The molecule has 0 aliphatic rings. The van der Waals surface area contributed by atoms with E-state index in [-0.39, 0.29) is 11.3 Å². The minimum absolute atomic E-state index is 0.0504. The maximum absolute atomic E-state index is 11.4. The van der Waals surface area contributed by atoms with Crippen molar-refractivity contribution in [2.45, 2.75) is 6.92 Å². The molecule has 0 atom stereocenters. The number of carbonyl (C=O) groups is 1. The van der Waals surface area contributed by atoms with Gasteiger partial charge in [0.2, 0.25) is 0 Å². The number of rotatable bonds is 3. The van der Waals surface area contributed by atoms with E-state index in [4.69, 9.17) is 0 Å². The SMILES string of the molecule is Cc1ccccc1/C=C(\C(=O)O)c1cccc(O)c1. The molecular weight excluding hydrogens is 240 g/mol. The van der Waals surface area contributed by atoms with Crippen LogP contribution in [0.25, 0.3) is 11.6 Å². The summed E-state index contributed by atoms with van der Waals surface area (Å²) < 4.78 is 0. The summed E-state index contributed by atoms with van der Waals surface area (Å²) in [4.78, 5) is 11.4. The highest BCUT2D eigenvalue weighted by atomic mass is 16.4. The average molecular weight is 254 g/mol. The highest BCUT2D eigenvalue weighted by Gasteiger charge is 2.11. The molecule has 2 aromatic carbocycles. The Morgan fingerprint density at radius 2 is 1.84 bits per heavy atom. The quantitative estimate of drug-likeness (QED) is 0.652. The molecule has 0 saturated heterocycles. The summed E-state index contributed by atoms with van der Waals surface area (Å²) in [7, 11) is 0. The third-order valence-corrected chi connectivity index (χ3v) is 2.88. The van der Waals surface area contributed by atoms with Gasteiger partial charge in [0.15, 0.2) is 0 Å². The molecule has 3 nitrogen and oxygen atoms in total. The van der Waals surface area contributed by atoms with Crippen LogP contribution in [0.1, 0.15) is 16.7 Å². The molecule has 0 spiro atoms. The Morgan fingerprint density at radius 1 is 1.11 bits per heavy atom. The Labute approximate surface area is 111 Å². The molecule has 0 amide bonds. The van der Waals surface area contributed by atoms with E-state index in [2.05, 4.69) is 0 Å². The zero-order valence-electron chi connectivity index (χ0n) is 10.5. The van der Waals surface area contributed by atoms with Gasteiger partial charge in [-0.15, -0.1) is 0 Å². The summed E-state index contributed by atoms with van der Waals surface area (Å²) >= 11 is 0. The van der Waals surface area contributed by atoms with Gasteiger partial charge in [-0.05, 0) is 41.8 Å². The number of carboxylic acids is 1. The second-order valence-electron chi connectivity index (χ2n) is 4.27. The first-order valence-corrected chi connectivity index (χ1v) is 5.88. The van der Waals surface area contributed by atoms with E-state index in [0.29, 0.717) is 5.56 Å². The predicted octanol–water partition coefficient (Wildman–Crippen LogP) is 3.33. The number of hydrogen-bond donors (Lipinski definition) is 2. The van der Waals surface area contributed by atoms with Crippen LogP contribution in [0.2, 0.25) is 0 Å². The van der Waals surface area contributed by atoms with E-state index in [0.717, 1.165) is 11.1 Å². The lowest BCUT2D eigenvalue weighted by Crippen LogP contribution is -1.99. The lowest BCUT2D eigenvalue weighted by molar-refractivity contribution is -0.130. The van der Waals surface area contributed by atoms with E-state index in [1.165, 1.54) is 12.1 Å². The Bertz CT molecular complexity index is 642. The summed E-state index contributed by atoms with van der Waals surface area (Å²) in [6, 6.07) is 13.8. The highest BCUT2D eigenvalue weighted by Crippen LogP contribution is 2.23. The van der Waals surface area contributed by atoms with Crippen LogP contribution in [0.3, 0.4) is 0 Å². The molecule has 3 heteroatoms. The molecule has 0 saturated carbocycles. The van der Waals surface area contributed by atoms with Gasteiger partial charge >= 0.3 is 5.97 Å². The van der Waals surface area contributed by atoms with Crippen LogP contribution in [0.15, 0.2) is 48.5 Å². The van der Waals surface area contributed by atoms with Gasteiger partial charge in [-0.3, -0.25) is 0 Å². The molecule has 0 radical (unpaired) electrons. The topological polar surface area (TPSA) is 57.5 Å². The van der Waals surface area contributed by atoms with E-state index < -0.39 is 5.97 Å². The second kappa shape index (κ2) is 5.40. The molecule has 0 bridgehead atoms. The summed E-state index contributed by atoms with van der Waals surface area (Å²) in [5.41, 5.74) is 2.49. The fraction of sp³-hybridized carbons (Fsp3) is 0.0625. The van der Waals surface area contributed by atoms with Crippen molar-refractivity contribution in [1.29, 1.82) is 0 Å². The zero-order chi connectivity index (χ0) is 13.8. The van der Waals surface area contributed by atoms with Gasteiger partial charge in [-0.25, -0.2) is 4.79 Å². The summed E-state index contributed by atoms with van der Waals surface area (Å²) in [6.45, 7) is 1.92. The van der Waals surface area contributed by atoms with Crippen molar-refractivity contribution in [2.24, 2.45) is 0 Å². The van der Waals surface area contributed by atoms with Crippen LogP contribution < -0.4 is 0 Å². The Kier molecular flexibility index (Phi) is 3.66. The van der Waals surface area contributed by atoms with Gasteiger partial charge in [0.1, 0.15) is 5.75 Å². The number of hydrogen-bond acceptors (Lipinski definition) is 2. The van der Waals surface area contributed by atoms with Crippen LogP contribution in [-0.2, 0) is 4.79 Å². The number of aliphatic carboxylic acids is 1. The van der Waals surface area contributed by atoms with Crippen molar-refractivity contribution < 1.29 is 15.0 Å². The van der Waals surface area contributed by atoms with Crippen molar-refractivity contribution in [2.75, 3.05) is 0 Å².